The van der Waals surface area contributed by atoms with Crippen molar-refractivity contribution in [3.63, 3.8) is 0 Å². The molecule has 1 N–H and O–H groups in total. The van der Waals surface area contributed by atoms with Gasteiger partial charge in [-0.05, 0) is 49.2 Å². The number of amides is 1. The molecule has 1 aliphatic heterocycles. The third-order valence-corrected chi connectivity index (χ3v) is 4.49. The zero-order valence-electron chi connectivity index (χ0n) is 14.0. The van der Waals surface area contributed by atoms with Crippen LogP contribution in [0.25, 0.3) is 0 Å². The molecule has 1 amide bonds. The quantitative estimate of drug-likeness (QED) is 0.648. The summed E-state index contributed by atoms with van der Waals surface area (Å²) in [6, 6.07) is 13.8. The molecule has 1 fully saturated rings. The van der Waals surface area contributed by atoms with E-state index >= 15 is 0 Å². The topological polar surface area (TPSA) is 75.5 Å². The number of carbonyl (C=O) groups excluding carboxylic acids is 1. The summed E-state index contributed by atoms with van der Waals surface area (Å²) >= 11 is 0. The molecule has 6 heteroatoms. The van der Waals surface area contributed by atoms with Gasteiger partial charge in [-0.1, -0.05) is 24.3 Å². The Labute approximate surface area is 146 Å². The molecule has 0 unspecified atom stereocenters. The van der Waals surface area contributed by atoms with Crippen LogP contribution in [0.5, 0.6) is 0 Å². The second-order valence-corrected chi connectivity index (χ2v) is 6.24. The molecule has 1 aliphatic rings. The van der Waals surface area contributed by atoms with Gasteiger partial charge in [-0.3, -0.25) is 19.8 Å². The molecule has 0 aromatic heterocycles. The van der Waals surface area contributed by atoms with Crippen LogP contribution < -0.4 is 5.32 Å². The summed E-state index contributed by atoms with van der Waals surface area (Å²) in [5.41, 5.74) is 2.73. The fraction of sp³-hybridized carbons (Fsp3) is 0.316. The first kappa shape index (κ1) is 17.1. The van der Waals surface area contributed by atoms with Crippen LogP contribution in [0, 0.1) is 10.1 Å². The molecule has 0 aliphatic carbocycles. The van der Waals surface area contributed by atoms with Crippen LogP contribution in [0.4, 0.5) is 5.69 Å². The number of carbonyl (C=O) groups is 1. The Hall–Kier alpha value is -2.73. The van der Waals surface area contributed by atoms with Crippen LogP contribution in [0.3, 0.4) is 0 Å². The largest absolute Gasteiger partial charge is 0.348 e. The third kappa shape index (κ3) is 4.42. The molecule has 3 rings (SSSR count). The number of nitro groups is 1. The van der Waals surface area contributed by atoms with Crippen LogP contribution in [0.2, 0.25) is 0 Å². The van der Waals surface area contributed by atoms with Gasteiger partial charge in [0.2, 0.25) is 0 Å². The number of nitrogens with one attached hydrogen (secondary N) is 1. The molecule has 6 nitrogen and oxygen atoms in total. The first-order valence-corrected chi connectivity index (χ1v) is 8.45. The minimum absolute atomic E-state index is 0.0208. The fourth-order valence-corrected chi connectivity index (χ4v) is 3.08. The Morgan fingerprint density at radius 2 is 1.68 bits per heavy atom. The van der Waals surface area contributed by atoms with Gasteiger partial charge in [0.15, 0.2) is 0 Å². The van der Waals surface area contributed by atoms with Gasteiger partial charge >= 0.3 is 0 Å². The molecular weight excluding hydrogens is 318 g/mol. The molecule has 130 valence electrons. The average Bonchev–Trinajstić information content (AvgIpc) is 3.14. The molecule has 1 heterocycles. The molecular formula is C19H21N3O3. The van der Waals surface area contributed by atoms with Crippen LogP contribution in [-0.4, -0.2) is 28.8 Å². The molecule has 1 saturated heterocycles. The smallest absolute Gasteiger partial charge is 0.269 e. The molecule has 0 saturated carbocycles. The molecule has 0 radical (unpaired) electrons. The number of non-ortho nitro benzene ring substituents is 1. The van der Waals surface area contributed by atoms with Gasteiger partial charge in [0, 0.05) is 30.8 Å². The highest BCUT2D eigenvalue weighted by Crippen LogP contribution is 2.16. The third-order valence-electron chi connectivity index (χ3n) is 4.49. The van der Waals surface area contributed by atoms with Crippen molar-refractivity contribution in [2.75, 3.05) is 13.1 Å². The van der Waals surface area contributed by atoms with Crippen LogP contribution in [0.15, 0.2) is 48.5 Å². The van der Waals surface area contributed by atoms with Crippen molar-refractivity contribution in [3.8, 4) is 0 Å². The molecule has 0 atom stereocenters. The van der Waals surface area contributed by atoms with E-state index in [1.807, 2.05) is 18.2 Å². The normalized spacial score (nSPS) is 14.4. The lowest BCUT2D eigenvalue weighted by molar-refractivity contribution is -0.384. The van der Waals surface area contributed by atoms with Crippen molar-refractivity contribution in [2.45, 2.75) is 25.9 Å². The number of rotatable bonds is 6. The Morgan fingerprint density at radius 3 is 2.32 bits per heavy atom. The minimum Gasteiger partial charge on any atom is -0.348 e. The van der Waals surface area contributed by atoms with Crippen molar-refractivity contribution < 1.29 is 9.72 Å². The van der Waals surface area contributed by atoms with E-state index in [9.17, 15) is 14.9 Å². The number of nitro benzene ring substituents is 1. The number of nitrogens with zero attached hydrogens (tertiary/aromatic N) is 2. The van der Waals surface area contributed by atoms with Crippen LogP contribution >= 0.6 is 0 Å². The van der Waals surface area contributed by atoms with Crippen molar-refractivity contribution >= 4 is 11.6 Å². The van der Waals surface area contributed by atoms with Crippen LogP contribution in [0.1, 0.15) is 34.3 Å². The van der Waals surface area contributed by atoms with Gasteiger partial charge in [0.1, 0.15) is 0 Å². The lowest BCUT2D eigenvalue weighted by Gasteiger charge is -2.17. The first-order chi connectivity index (χ1) is 12.1. The Balaban J connectivity index is 1.62. The maximum absolute atomic E-state index is 12.3. The maximum atomic E-state index is 12.3. The van der Waals surface area contributed by atoms with E-state index < -0.39 is 4.92 Å². The van der Waals surface area contributed by atoms with Gasteiger partial charge in [-0.25, -0.2) is 0 Å². The van der Waals surface area contributed by atoms with Gasteiger partial charge in [-0.2, -0.15) is 0 Å². The van der Waals surface area contributed by atoms with E-state index in [2.05, 4.69) is 16.3 Å². The number of hydrogen-bond donors (Lipinski definition) is 1. The summed E-state index contributed by atoms with van der Waals surface area (Å²) < 4.78 is 0. The zero-order chi connectivity index (χ0) is 17.6. The summed E-state index contributed by atoms with van der Waals surface area (Å²) in [7, 11) is 0. The first-order valence-electron chi connectivity index (χ1n) is 8.45. The van der Waals surface area contributed by atoms with Crippen molar-refractivity contribution in [2.24, 2.45) is 0 Å². The van der Waals surface area contributed by atoms with Gasteiger partial charge in [-0.15, -0.1) is 0 Å². The SMILES string of the molecule is O=C(NCc1ccccc1CN1CCCC1)c1ccc([N+](=O)[O-])cc1. The van der Waals surface area contributed by atoms with Gasteiger partial charge < -0.3 is 5.32 Å². The molecule has 0 spiro atoms. The maximum Gasteiger partial charge on any atom is 0.269 e. The highest BCUT2D eigenvalue weighted by molar-refractivity contribution is 5.94. The van der Waals surface area contributed by atoms with E-state index in [-0.39, 0.29) is 11.6 Å². The number of benzene rings is 2. The molecule has 0 bridgehead atoms. The van der Waals surface area contributed by atoms with E-state index in [1.54, 1.807) is 0 Å². The molecule has 25 heavy (non-hydrogen) atoms. The van der Waals surface area contributed by atoms with E-state index in [1.165, 1.54) is 42.7 Å². The lowest BCUT2D eigenvalue weighted by atomic mass is 10.1. The highest BCUT2D eigenvalue weighted by Gasteiger charge is 2.14. The van der Waals surface area contributed by atoms with Crippen molar-refractivity contribution in [1.82, 2.24) is 10.2 Å². The zero-order valence-corrected chi connectivity index (χ0v) is 14.0. The van der Waals surface area contributed by atoms with E-state index in [4.69, 9.17) is 0 Å². The second-order valence-electron chi connectivity index (χ2n) is 6.24. The second kappa shape index (κ2) is 7.90. The predicted molar refractivity (Wildman–Crippen MR) is 95.2 cm³/mol. The molecule has 2 aromatic carbocycles. The van der Waals surface area contributed by atoms with Crippen molar-refractivity contribution in [3.05, 3.63) is 75.3 Å². The number of likely N-dealkylation sites (tertiary alicyclic amines) is 1. The Kier molecular flexibility index (Phi) is 5.40. The highest BCUT2D eigenvalue weighted by atomic mass is 16.6. The summed E-state index contributed by atoms with van der Waals surface area (Å²) in [6.07, 6.45) is 2.50. The standard InChI is InChI=1S/C19H21N3O3/c23-19(15-7-9-18(10-8-15)22(24)25)20-13-16-5-1-2-6-17(16)14-21-11-3-4-12-21/h1-2,5-10H,3-4,11-14H2,(H,20,23). The fourth-order valence-electron chi connectivity index (χ4n) is 3.08. The summed E-state index contributed by atoms with van der Waals surface area (Å²) in [6.45, 7) is 3.61. The van der Waals surface area contributed by atoms with E-state index in [0.717, 1.165) is 25.2 Å². The molecule has 2 aromatic rings. The van der Waals surface area contributed by atoms with Crippen LogP contribution in [-0.2, 0) is 13.1 Å². The summed E-state index contributed by atoms with van der Waals surface area (Å²) in [4.78, 5) is 24.9. The van der Waals surface area contributed by atoms with Gasteiger partial charge in [0.05, 0.1) is 4.92 Å². The van der Waals surface area contributed by atoms with E-state index in [0.29, 0.717) is 12.1 Å². The Bertz CT molecular complexity index is 753. The summed E-state index contributed by atoms with van der Waals surface area (Å²) in [5.74, 6) is -0.231. The minimum atomic E-state index is -0.476. The predicted octanol–water partition coefficient (Wildman–Crippen LogP) is 3.12. The monoisotopic (exact) mass is 339 g/mol. The summed E-state index contributed by atoms with van der Waals surface area (Å²) in [5, 5.41) is 13.6. The van der Waals surface area contributed by atoms with Crippen molar-refractivity contribution in [1.29, 1.82) is 0 Å². The van der Waals surface area contributed by atoms with Gasteiger partial charge in [0.25, 0.3) is 11.6 Å². The average molecular weight is 339 g/mol. The Morgan fingerprint density at radius 1 is 1.04 bits per heavy atom. The number of hydrogen-bond acceptors (Lipinski definition) is 4. The lowest BCUT2D eigenvalue weighted by Crippen LogP contribution is -2.25.